The van der Waals surface area contributed by atoms with Crippen molar-refractivity contribution >= 4 is 12.0 Å². The quantitative estimate of drug-likeness (QED) is 0.450. The molecule has 1 N–H and O–H groups in total. The Morgan fingerprint density at radius 3 is 2.54 bits per heavy atom. The van der Waals surface area contributed by atoms with E-state index in [1.165, 1.54) is 5.70 Å². The first kappa shape index (κ1) is 18.6. The van der Waals surface area contributed by atoms with Crippen LogP contribution < -0.4 is 0 Å². The van der Waals surface area contributed by atoms with Crippen LogP contribution in [-0.4, -0.2) is 60.7 Å². The summed E-state index contributed by atoms with van der Waals surface area (Å²) in [4.78, 5) is 19.9. The highest BCUT2D eigenvalue weighted by Gasteiger charge is 2.20. The van der Waals surface area contributed by atoms with Crippen molar-refractivity contribution in [1.29, 1.82) is 0 Å². The van der Waals surface area contributed by atoms with Gasteiger partial charge in [-0.2, -0.15) is 0 Å². The topological polar surface area (TPSA) is 53.0 Å². The summed E-state index contributed by atoms with van der Waals surface area (Å²) in [6.07, 6.45) is 5.81. The molecule has 24 heavy (non-hydrogen) atoms. The molecule has 0 aromatic heterocycles. The van der Waals surface area contributed by atoms with E-state index in [9.17, 15) is 4.79 Å². The van der Waals surface area contributed by atoms with Gasteiger partial charge in [0.2, 0.25) is 0 Å². The van der Waals surface area contributed by atoms with E-state index in [-0.39, 0.29) is 6.10 Å². The summed E-state index contributed by atoms with van der Waals surface area (Å²) >= 11 is 0. The molecular formula is C19H28N2O3. The molecule has 0 aliphatic carbocycles. The Kier molecular flexibility index (Phi) is 7.43. The number of carbonyl (C=O) groups is 1. The molecule has 0 bridgehead atoms. The van der Waals surface area contributed by atoms with E-state index in [1.807, 2.05) is 24.3 Å². The number of allylic oxidation sites excluding steroid dienone is 1. The number of nitrogens with zero attached hydrogens (tertiary/aromatic N) is 2. The van der Waals surface area contributed by atoms with Crippen molar-refractivity contribution in [3.63, 3.8) is 0 Å². The number of carbonyl (C=O) groups excluding carboxylic acids is 1. The summed E-state index contributed by atoms with van der Waals surface area (Å²) < 4.78 is 0. The van der Waals surface area contributed by atoms with E-state index in [2.05, 4.69) is 34.7 Å². The van der Waals surface area contributed by atoms with Crippen LogP contribution >= 0.6 is 0 Å². The van der Waals surface area contributed by atoms with Crippen molar-refractivity contribution in [3.05, 3.63) is 41.5 Å². The van der Waals surface area contributed by atoms with Gasteiger partial charge in [-0.15, -0.1) is 0 Å². The summed E-state index contributed by atoms with van der Waals surface area (Å²) in [6, 6.07) is 7.73. The maximum absolute atomic E-state index is 10.8. The molecular weight excluding hydrogens is 304 g/mol. The largest absolute Gasteiger partial charge is 0.373 e. The molecule has 1 aliphatic heterocycles. The van der Waals surface area contributed by atoms with Crippen LogP contribution in [0.15, 0.2) is 30.3 Å². The highest BCUT2D eigenvalue weighted by Crippen LogP contribution is 2.20. The molecule has 5 heteroatoms. The maximum atomic E-state index is 10.8. The van der Waals surface area contributed by atoms with Gasteiger partial charge in [0.25, 0.3) is 0 Å². The lowest BCUT2D eigenvalue weighted by Gasteiger charge is -2.32. The zero-order valence-electron chi connectivity index (χ0n) is 14.6. The minimum absolute atomic E-state index is 0.00846. The molecule has 132 valence electrons. The monoisotopic (exact) mass is 332 g/mol. The molecule has 0 atom stereocenters. The fraction of sp³-hybridized carbons (Fsp3) is 0.526. The Labute approximate surface area is 144 Å². The molecule has 1 fully saturated rings. The summed E-state index contributed by atoms with van der Waals surface area (Å²) in [6.45, 7) is 5.97. The van der Waals surface area contributed by atoms with Crippen molar-refractivity contribution in [3.8, 4) is 0 Å². The van der Waals surface area contributed by atoms with E-state index >= 15 is 0 Å². The normalized spacial score (nSPS) is 17.0. The van der Waals surface area contributed by atoms with Gasteiger partial charge in [-0.3, -0.25) is 10.1 Å². The Balaban J connectivity index is 1.93. The number of rotatable bonds is 8. The number of likely N-dealkylation sites (N-methyl/N-ethyl adjacent to an activating group) is 1. The first-order valence-electron chi connectivity index (χ1n) is 8.67. The van der Waals surface area contributed by atoms with Crippen molar-refractivity contribution in [2.24, 2.45) is 0 Å². The van der Waals surface area contributed by atoms with Crippen LogP contribution in [0, 0.1) is 0 Å². The summed E-state index contributed by atoms with van der Waals surface area (Å²) in [5, 5.41) is 8.73. The van der Waals surface area contributed by atoms with Crippen LogP contribution in [0.25, 0.3) is 5.70 Å². The minimum atomic E-state index is -0.00846. The molecule has 1 aromatic rings. The van der Waals surface area contributed by atoms with Gasteiger partial charge >= 0.3 is 0 Å². The molecule has 0 unspecified atom stereocenters. The zero-order valence-corrected chi connectivity index (χ0v) is 14.6. The van der Waals surface area contributed by atoms with Gasteiger partial charge in [-0.05, 0) is 24.8 Å². The maximum Gasteiger partial charge on any atom is 0.150 e. The fourth-order valence-corrected chi connectivity index (χ4v) is 3.07. The van der Waals surface area contributed by atoms with Gasteiger partial charge < -0.3 is 9.80 Å². The van der Waals surface area contributed by atoms with Gasteiger partial charge in [0.1, 0.15) is 6.29 Å². The molecule has 0 spiro atoms. The Bertz CT molecular complexity index is 534. The third kappa shape index (κ3) is 5.16. The fourth-order valence-electron chi connectivity index (χ4n) is 3.07. The second-order valence-corrected chi connectivity index (χ2v) is 6.31. The molecule has 5 nitrogen and oxygen atoms in total. The Hall–Kier alpha value is -1.69. The molecule has 1 heterocycles. The Morgan fingerprint density at radius 2 is 2.00 bits per heavy atom. The average Bonchev–Trinajstić information content (AvgIpc) is 2.64. The number of hydrogen-bond donors (Lipinski definition) is 1. The van der Waals surface area contributed by atoms with Crippen LogP contribution in [0.1, 0.15) is 42.1 Å². The van der Waals surface area contributed by atoms with Crippen LogP contribution in [0.4, 0.5) is 0 Å². The molecule has 1 aromatic carbocycles. The van der Waals surface area contributed by atoms with Crippen molar-refractivity contribution in [1.82, 2.24) is 9.80 Å². The Morgan fingerprint density at radius 1 is 1.33 bits per heavy atom. The highest BCUT2D eigenvalue weighted by molar-refractivity contribution is 5.76. The number of likely N-dealkylation sites (tertiary alicyclic amines) is 1. The van der Waals surface area contributed by atoms with E-state index in [4.69, 9.17) is 5.26 Å². The van der Waals surface area contributed by atoms with E-state index in [0.717, 1.165) is 57.3 Å². The molecule has 0 amide bonds. The molecule has 1 aliphatic rings. The average molecular weight is 332 g/mol. The smallest absolute Gasteiger partial charge is 0.150 e. The highest BCUT2D eigenvalue weighted by atomic mass is 17.1. The predicted octanol–water partition coefficient (Wildman–Crippen LogP) is 3.14. The van der Waals surface area contributed by atoms with Crippen LogP contribution in [-0.2, 0) is 4.89 Å². The lowest BCUT2D eigenvalue weighted by molar-refractivity contribution is -0.285. The van der Waals surface area contributed by atoms with Gasteiger partial charge in [-0.25, -0.2) is 4.89 Å². The van der Waals surface area contributed by atoms with Gasteiger partial charge in [-0.1, -0.05) is 37.3 Å². The van der Waals surface area contributed by atoms with Gasteiger partial charge in [0.05, 0.1) is 6.10 Å². The zero-order chi connectivity index (χ0) is 17.4. The number of piperidine rings is 1. The number of aldehydes is 1. The lowest BCUT2D eigenvalue weighted by atomic mass is 10.1. The summed E-state index contributed by atoms with van der Waals surface area (Å²) in [5.41, 5.74) is 3.03. The van der Waals surface area contributed by atoms with Gasteiger partial charge in [0, 0.05) is 44.5 Å². The van der Waals surface area contributed by atoms with Crippen molar-refractivity contribution < 1.29 is 14.9 Å². The summed E-state index contributed by atoms with van der Waals surface area (Å²) in [5.74, 6) is 0. The number of hydrogen-bond acceptors (Lipinski definition) is 5. The van der Waals surface area contributed by atoms with Crippen LogP contribution in [0.5, 0.6) is 0 Å². The number of benzene rings is 1. The minimum Gasteiger partial charge on any atom is -0.373 e. The predicted molar refractivity (Wildman–Crippen MR) is 95.9 cm³/mol. The van der Waals surface area contributed by atoms with E-state index < -0.39 is 0 Å². The van der Waals surface area contributed by atoms with Crippen molar-refractivity contribution in [2.75, 3.05) is 33.2 Å². The molecule has 0 radical (unpaired) electrons. The standard InChI is InChI=1S/C19H28N2O3/c1-3-4-19(17-7-5-16(15-22)6-8-17)20(2)13-14-21-11-9-18(24-23)10-12-21/h4-8,15,18,23H,3,9-14H2,1-2H3/b19-4-. The van der Waals surface area contributed by atoms with Gasteiger partial charge in [0.15, 0.2) is 0 Å². The summed E-state index contributed by atoms with van der Waals surface area (Å²) in [7, 11) is 2.11. The molecule has 0 saturated carbocycles. The van der Waals surface area contributed by atoms with Crippen molar-refractivity contribution in [2.45, 2.75) is 32.3 Å². The molecule has 2 rings (SSSR count). The van der Waals surface area contributed by atoms with E-state index in [1.54, 1.807) is 0 Å². The van der Waals surface area contributed by atoms with Crippen LogP contribution in [0.3, 0.4) is 0 Å². The van der Waals surface area contributed by atoms with Crippen LogP contribution in [0.2, 0.25) is 0 Å². The first-order valence-corrected chi connectivity index (χ1v) is 8.67. The van der Waals surface area contributed by atoms with E-state index in [0.29, 0.717) is 5.56 Å². The third-order valence-corrected chi connectivity index (χ3v) is 4.59. The second kappa shape index (κ2) is 9.57. The SMILES string of the molecule is CC/C=C(/c1ccc(C=O)cc1)N(C)CCN1CCC(OO)CC1. The molecule has 1 saturated heterocycles. The first-order chi connectivity index (χ1) is 11.7. The lowest BCUT2D eigenvalue weighted by Crippen LogP contribution is -2.40. The third-order valence-electron chi connectivity index (χ3n) is 4.59. The second-order valence-electron chi connectivity index (χ2n) is 6.31.